The summed E-state index contributed by atoms with van der Waals surface area (Å²) in [5.41, 5.74) is 7.31. The molecule has 66 valence electrons. The van der Waals surface area contributed by atoms with Crippen LogP contribution < -0.4 is 11.1 Å². The molecule has 1 heterocycles. The van der Waals surface area contributed by atoms with Gasteiger partial charge in [0.15, 0.2) is 0 Å². The van der Waals surface area contributed by atoms with Crippen molar-refractivity contribution >= 4 is 5.91 Å². The van der Waals surface area contributed by atoms with Crippen molar-refractivity contribution in [2.45, 2.75) is 20.3 Å². The van der Waals surface area contributed by atoms with Crippen molar-refractivity contribution < 1.29 is 4.79 Å². The molecule has 0 saturated heterocycles. The summed E-state index contributed by atoms with van der Waals surface area (Å²) in [6, 6.07) is 0. The van der Waals surface area contributed by atoms with Gasteiger partial charge in [0.1, 0.15) is 0 Å². The highest BCUT2D eigenvalue weighted by molar-refractivity contribution is 5.80. The highest BCUT2D eigenvalue weighted by atomic mass is 16.1. The standard InChI is InChI=1S/C9H14N2O/c1-6(2)7-3-8(10)4-9(12)11-5-7/h3,5-6H,4,10H2,1-2H3,(H,11,12). The van der Waals surface area contributed by atoms with Crippen molar-refractivity contribution in [3.8, 4) is 0 Å². The number of hydrogen-bond donors (Lipinski definition) is 2. The van der Waals surface area contributed by atoms with Gasteiger partial charge < -0.3 is 11.1 Å². The number of rotatable bonds is 1. The van der Waals surface area contributed by atoms with E-state index >= 15 is 0 Å². The second kappa shape index (κ2) is 3.43. The molecule has 1 rings (SSSR count). The third-order valence-corrected chi connectivity index (χ3v) is 1.78. The normalized spacial score (nSPS) is 18.1. The molecule has 0 aromatic heterocycles. The van der Waals surface area contributed by atoms with E-state index in [1.54, 1.807) is 6.20 Å². The molecule has 0 fully saturated rings. The Bertz CT molecular complexity index is 251. The molecular formula is C9H14N2O. The van der Waals surface area contributed by atoms with E-state index in [2.05, 4.69) is 19.2 Å². The summed E-state index contributed by atoms with van der Waals surface area (Å²) < 4.78 is 0. The number of nitrogens with two attached hydrogens (primary N) is 1. The van der Waals surface area contributed by atoms with E-state index in [0.29, 0.717) is 18.0 Å². The first-order valence-electron chi connectivity index (χ1n) is 4.05. The molecule has 0 aromatic rings. The molecule has 0 unspecified atom stereocenters. The second-order valence-corrected chi connectivity index (χ2v) is 3.26. The first-order valence-corrected chi connectivity index (χ1v) is 4.05. The zero-order valence-electron chi connectivity index (χ0n) is 7.42. The lowest BCUT2D eigenvalue weighted by atomic mass is 10.0. The molecule has 3 nitrogen and oxygen atoms in total. The molecule has 1 aliphatic rings. The van der Waals surface area contributed by atoms with E-state index in [1.807, 2.05) is 6.08 Å². The third-order valence-electron chi connectivity index (χ3n) is 1.78. The van der Waals surface area contributed by atoms with Gasteiger partial charge in [0.25, 0.3) is 0 Å². The maximum Gasteiger partial charge on any atom is 0.229 e. The number of nitrogens with one attached hydrogen (secondary N) is 1. The number of allylic oxidation sites excluding steroid dienone is 2. The Kier molecular flexibility index (Phi) is 2.53. The molecule has 0 spiro atoms. The van der Waals surface area contributed by atoms with Crippen LogP contribution in [-0.4, -0.2) is 5.91 Å². The minimum Gasteiger partial charge on any atom is -0.402 e. The van der Waals surface area contributed by atoms with Crippen LogP contribution in [0.25, 0.3) is 0 Å². The highest BCUT2D eigenvalue weighted by Crippen LogP contribution is 2.14. The van der Waals surface area contributed by atoms with Crippen LogP contribution in [0.15, 0.2) is 23.5 Å². The summed E-state index contributed by atoms with van der Waals surface area (Å²) in [7, 11) is 0. The quantitative estimate of drug-likeness (QED) is 0.607. The lowest BCUT2D eigenvalue weighted by molar-refractivity contribution is -0.119. The molecule has 0 radical (unpaired) electrons. The van der Waals surface area contributed by atoms with E-state index in [-0.39, 0.29) is 5.91 Å². The smallest absolute Gasteiger partial charge is 0.229 e. The van der Waals surface area contributed by atoms with Gasteiger partial charge in [0.2, 0.25) is 5.91 Å². The van der Waals surface area contributed by atoms with Crippen LogP contribution in [0.3, 0.4) is 0 Å². The van der Waals surface area contributed by atoms with Gasteiger partial charge in [0.05, 0.1) is 6.42 Å². The van der Waals surface area contributed by atoms with Gasteiger partial charge in [-0.2, -0.15) is 0 Å². The van der Waals surface area contributed by atoms with E-state index in [9.17, 15) is 4.79 Å². The van der Waals surface area contributed by atoms with Gasteiger partial charge in [-0.3, -0.25) is 4.79 Å². The largest absolute Gasteiger partial charge is 0.402 e. The predicted molar refractivity (Wildman–Crippen MR) is 48.0 cm³/mol. The zero-order chi connectivity index (χ0) is 9.14. The van der Waals surface area contributed by atoms with Gasteiger partial charge >= 0.3 is 0 Å². The Balaban J connectivity index is 2.86. The molecule has 3 N–H and O–H groups in total. The van der Waals surface area contributed by atoms with Crippen LogP contribution in [0.5, 0.6) is 0 Å². The number of amides is 1. The summed E-state index contributed by atoms with van der Waals surface area (Å²) >= 11 is 0. The SMILES string of the molecule is CC(C)C1=CNC(=O)CC(N)=C1. The molecule has 0 aromatic carbocycles. The number of carbonyl (C=O) groups excluding carboxylic acids is 1. The van der Waals surface area contributed by atoms with E-state index in [0.717, 1.165) is 5.57 Å². The average molecular weight is 166 g/mol. The molecule has 0 atom stereocenters. The molecule has 0 saturated carbocycles. The topological polar surface area (TPSA) is 55.1 Å². The van der Waals surface area contributed by atoms with Crippen LogP contribution >= 0.6 is 0 Å². The Hall–Kier alpha value is -1.25. The molecule has 1 amide bonds. The van der Waals surface area contributed by atoms with Crippen molar-refractivity contribution in [1.29, 1.82) is 0 Å². The summed E-state index contributed by atoms with van der Waals surface area (Å²) in [6.07, 6.45) is 3.89. The Labute approximate surface area is 72.3 Å². The van der Waals surface area contributed by atoms with Crippen LogP contribution in [0.1, 0.15) is 20.3 Å². The average Bonchev–Trinajstić information content (AvgIpc) is 2.11. The number of carbonyl (C=O) groups is 1. The van der Waals surface area contributed by atoms with E-state index < -0.39 is 0 Å². The fourth-order valence-corrected chi connectivity index (χ4v) is 1.04. The first-order chi connectivity index (χ1) is 5.59. The summed E-state index contributed by atoms with van der Waals surface area (Å²) in [4.78, 5) is 11.0. The van der Waals surface area contributed by atoms with Gasteiger partial charge in [-0.25, -0.2) is 0 Å². The van der Waals surface area contributed by atoms with Crippen LogP contribution in [0.2, 0.25) is 0 Å². The molecule has 0 aliphatic carbocycles. The second-order valence-electron chi connectivity index (χ2n) is 3.26. The van der Waals surface area contributed by atoms with Crippen molar-refractivity contribution in [3.63, 3.8) is 0 Å². The van der Waals surface area contributed by atoms with Gasteiger partial charge in [0, 0.05) is 11.9 Å². The van der Waals surface area contributed by atoms with Gasteiger partial charge in [-0.15, -0.1) is 0 Å². The zero-order valence-corrected chi connectivity index (χ0v) is 7.42. The maximum absolute atomic E-state index is 11.0. The minimum atomic E-state index is -0.0422. The number of hydrogen-bond acceptors (Lipinski definition) is 2. The molecular weight excluding hydrogens is 152 g/mol. The van der Waals surface area contributed by atoms with Crippen molar-refractivity contribution in [2.75, 3.05) is 0 Å². The fourth-order valence-electron chi connectivity index (χ4n) is 1.04. The molecule has 3 heteroatoms. The monoisotopic (exact) mass is 166 g/mol. The fraction of sp³-hybridized carbons (Fsp3) is 0.444. The predicted octanol–water partition coefficient (Wildman–Crippen LogP) is 0.889. The molecule has 0 bridgehead atoms. The highest BCUT2D eigenvalue weighted by Gasteiger charge is 2.09. The summed E-state index contributed by atoms with van der Waals surface area (Å²) in [5, 5.41) is 2.67. The first kappa shape index (κ1) is 8.84. The Morgan fingerprint density at radius 2 is 2.25 bits per heavy atom. The van der Waals surface area contributed by atoms with Crippen LogP contribution in [-0.2, 0) is 4.79 Å². The van der Waals surface area contributed by atoms with Crippen molar-refractivity contribution in [3.05, 3.63) is 23.5 Å². The third kappa shape index (κ3) is 2.12. The van der Waals surface area contributed by atoms with Crippen molar-refractivity contribution in [2.24, 2.45) is 11.7 Å². The van der Waals surface area contributed by atoms with Crippen LogP contribution in [0, 0.1) is 5.92 Å². The van der Waals surface area contributed by atoms with Crippen LogP contribution in [0.4, 0.5) is 0 Å². The summed E-state index contributed by atoms with van der Waals surface area (Å²) in [5.74, 6) is 0.348. The van der Waals surface area contributed by atoms with E-state index in [4.69, 9.17) is 5.73 Å². The van der Waals surface area contributed by atoms with Gasteiger partial charge in [-0.1, -0.05) is 13.8 Å². The lowest BCUT2D eigenvalue weighted by Crippen LogP contribution is -2.17. The lowest BCUT2D eigenvalue weighted by Gasteiger charge is -2.04. The maximum atomic E-state index is 11.0. The minimum absolute atomic E-state index is 0.0422. The van der Waals surface area contributed by atoms with Gasteiger partial charge in [-0.05, 0) is 17.6 Å². The Morgan fingerprint density at radius 1 is 1.58 bits per heavy atom. The molecule has 1 aliphatic heterocycles. The Morgan fingerprint density at radius 3 is 2.83 bits per heavy atom. The van der Waals surface area contributed by atoms with E-state index in [1.165, 1.54) is 0 Å². The van der Waals surface area contributed by atoms with Crippen molar-refractivity contribution in [1.82, 2.24) is 5.32 Å². The summed E-state index contributed by atoms with van der Waals surface area (Å²) in [6.45, 7) is 4.13. The molecule has 12 heavy (non-hydrogen) atoms.